The van der Waals surface area contributed by atoms with E-state index in [1.807, 2.05) is 42.5 Å². The highest BCUT2D eigenvalue weighted by atomic mass is 19.1. The van der Waals surface area contributed by atoms with Crippen LogP contribution >= 0.6 is 0 Å². The summed E-state index contributed by atoms with van der Waals surface area (Å²) < 4.78 is 27.0. The molecule has 0 saturated heterocycles. The summed E-state index contributed by atoms with van der Waals surface area (Å²) in [5, 5.41) is 8.14. The number of carbonyl (C=O) groups excluding carboxylic acids is 3. The molecule has 1 fully saturated rings. The Bertz CT molecular complexity index is 2310. The molecule has 0 radical (unpaired) electrons. The van der Waals surface area contributed by atoms with Gasteiger partial charge in [-0.05, 0) is 95.0 Å². The number of hydrogen-bond donors (Lipinski definition) is 4. The van der Waals surface area contributed by atoms with E-state index in [0.717, 1.165) is 45.9 Å². The van der Waals surface area contributed by atoms with Crippen molar-refractivity contribution < 1.29 is 28.2 Å². The molecule has 4 aromatic carbocycles. The van der Waals surface area contributed by atoms with Crippen LogP contribution in [0.3, 0.4) is 0 Å². The first-order valence-electron chi connectivity index (χ1n) is 17.5. The van der Waals surface area contributed by atoms with Crippen LogP contribution in [0.15, 0.2) is 78.9 Å². The Labute approximate surface area is 299 Å². The Morgan fingerprint density at radius 2 is 1.73 bits per heavy atom. The van der Waals surface area contributed by atoms with Crippen molar-refractivity contribution in [2.24, 2.45) is 5.73 Å². The number of aromatic nitrogens is 3. The van der Waals surface area contributed by atoms with Gasteiger partial charge in [0.05, 0.1) is 34.1 Å². The number of alkyl carbamates (subject to hydrolysis) is 1. The second kappa shape index (κ2) is 14.0. The predicted molar refractivity (Wildman–Crippen MR) is 199 cm³/mol. The first-order chi connectivity index (χ1) is 24.9. The van der Waals surface area contributed by atoms with Gasteiger partial charge in [0.1, 0.15) is 23.3 Å². The molecule has 52 heavy (non-hydrogen) atoms. The van der Waals surface area contributed by atoms with Gasteiger partial charge in [0, 0.05) is 40.3 Å². The van der Waals surface area contributed by atoms with Crippen LogP contribution in [0.1, 0.15) is 63.2 Å². The average molecular weight is 705 g/mol. The van der Waals surface area contributed by atoms with Gasteiger partial charge >= 0.3 is 12.1 Å². The first-order valence-corrected chi connectivity index (χ1v) is 17.5. The number of para-hydroxylation sites is 1. The van der Waals surface area contributed by atoms with Gasteiger partial charge in [0.15, 0.2) is 0 Å². The van der Waals surface area contributed by atoms with Crippen molar-refractivity contribution in [3.05, 3.63) is 90.2 Å². The molecule has 0 aliphatic heterocycles. The zero-order chi connectivity index (χ0) is 36.6. The molecule has 7 rings (SSSR count). The van der Waals surface area contributed by atoms with Gasteiger partial charge in [0.25, 0.3) is 5.91 Å². The third-order valence-electron chi connectivity index (χ3n) is 9.25. The molecule has 0 atom stereocenters. The number of anilines is 1. The number of nitrogens with zero attached hydrogens (tertiary/aromatic N) is 2. The smallest absolute Gasteiger partial charge is 0.407 e. The quantitative estimate of drug-likeness (QED) is 0.112. The molecule has 12 heteroatoms. The number of amides is 2. The highest BCUT2D eigenvalue weighted by Gasteiger charge is 2.26. The minimum atomic E-state index is -0.618. The van der Waals surface area contributed by atoms with Crippen LogP contribution in [-0.2, 0) is 14.3 Å². The lowest BCUT2D eigenvalue weighted by molar-refractivity contribution is -0.150. The minimum absolute atomic E-state index is 0.0276. The predicted octanol–water partition coefficient (Wildman–Crippen LogP) is 7.75. The molecule has 0 spiro atoms. The summed E-state index contributed by atoms with van der Waals surface area (Å²) in [4.78, 5) is 45.0. The molecule has 1 saturated carbocycles. The van der Waals surface area contributed by atoms with Crippen LogP contribution in [0.2, 0.25) is 0 Å². The zero-order valence-corrected chi connectivity index (χ0v) is 29.3. The highest BCUT2D eigenvalue weighted by molar-refractivity contribution is 6.15. The molecule has 2 amide bonds. The number of rotatable bonds is 9. The Kier molecular flexibility index (Phi) is 9.31. The molecule has 1 aliphatic rings. The van der Waals surface area contributed by atoms with Crippen molar-refractivity contribution in [1.82, 2.24) is 19.9 Å². The lowest BCUT2D eigenvalue weighted by atomic mass is 9.92. The number of carbonyl (C=O) groups is 3. The maximum atomic E-state index is 14.0. The molecule has 5 N–H and O–H groups in total. The number of benzene rings is 4. The van der Waals surface area contributed by atoms with Crippen molar-refractivity contribution in [1.29, 1.82) is 0 Å². The Morgan fingerprint density at radius 1 is 0.962 bits per heavy atom. The number of H-pyrrole nitrogens is 1. The number of primary amides is 1. The van der Waals surface area contributed by atoms with Crippen molar-refractivity contribution >= 4 is 56.5 Å². The number of imidazole rings is 1. The molecule has 0 unspecified atom stereocenters. The average Bonchev–Trinajstić information content (AvgIpc) is 3.67. The standard InChI is InChI=1S/C40H41FN6O5/c1-40(2,3)52-39(50)43-20-19-35(48)51-26-15-12-24(13-16-26)44-31-22-25(14-17-27(31)37(42)49)47-33-9-5-4-7-28(33)36-29(8-6-10-34(36)47)38-45-30-18-11-23(41)21-32(30)46-38/h4-11,14,17-18,21-22,24,26,44H,12-13,15-16,19-20H2,1-3H3,(H2,42,49)(H,43,50)(H,45,46). The van der Waals surface area contributed by atoms with E-state index in [1.165, 1.54) is 12.1 Å². The lowest BCUT2D eigenvalue weighted by Gasteiger charge is -2.30. The molecule has 1 aliphatic carbocycles. The molecular weight excluding hydrogens is 663 g/mol. The second-order valence-electron chi connectivity index (χ2n) is 14.2. The topological polar surface area (TPSA) is 153 Å². The number of aromatic amines is 1. The van der Waals surface area contributed by atoms with Gasteiger partial charge in [-0.3, -0.25) is 9.59 Å². The molecule has 6 aromatic rings. The maximum absolute atomic E-state index is 14.0. The van der Waals surface area contributed by atoms with Crippen LogP contribution in [0.5, 0.6) is 0 Å². The molecular formula is C40H41FN6O5. The third-order valence-corrected chi connectivity index (χ3v) is 9.25. The number of ether oxygens (including phenoxy) is 2. The summed E-state index contributed by atoms with van der Waals surface area (Å²) in [5.41, 5.74) is 11.2. The van der Waals surface area contributed by atoms with Crippen LogP contribution in [-0.4, -0.2) is 56.8 Å². The fourth-order valence-corrected chi connectivity index (χ4v) is 6.98. The summed E-state index contributed by atoms with van der Waals surface area (Å²) in [6.45, 7) is 5.45. The Hall–Kier alpha value is -5.91. The second-order valence-corrected chi connectivity index (χ2v) is 14.2. The Morgan fingerprint density at radius 3 is 2.50 bits per heavy atom. The van der Waals surface area contributed by atoms with Crippen LogP contribution in [0, 0.1) is 5.82 Å². The van der Waals surface area contributed by atoms with Gasteiger partial charge < -0.3 is 35.4 Å². The molecule has 2 aromatic heterocycles. The molecule has 11 nitrogen and oxygen atoms in total. The van der Waals surface area contributed by atoms with Crippen LogP contribution in [0.4, 0.5) is 14.9 Å². The highest BCUT2D eigenvalue weighted by Crippen LogP contribution is 2.39. The fourth-order valence-electron chi connectivity index (χ4n) is 6.98. The van der Waals surface area contributed by atoms with Crippen molar-refractivity contribution in [3.8, 4) is 17.1 Å². The van der Waals surface area contributed by atoms with Gasteiger partial charge in [-0.2, -0.15) is 0 Å². The van der Waals surface area contributed by atoms with Crippen molar-refractivity contribution in [3.63, 3.8) is 0 Å². The SMILES string of the molecule is CC(C)(C)OC(=O)NCCC(=O)OC1CCC(Nc2cc(-n3c4ccccc4c4c(-c5nc6ccc(F)cc6[nH]5)cccc43)ccc2C(N)=O)CC1. The number of fused-ring (bicyclic) bond motifs is 4. The van der Waals surface area contributed by atoms with Gasteiger partial charge in [-0.15, -0.1) is 0 Å². The van der Waals surface area contributed by atoms with E-state index in [0.29, 0.717) is 41.0 Å². The van der Waals surface area contributed by atoms with E-state index in [2.05, 4.69) is 32.3 Å². The normalized spacial score (nSPS) is 16.2. The number of halogens is 1. The molecule has 0 bridgehead atoms. The molecule has 268 valence electrons. The number of hydrogen-bond acceptors (Lipinski definition) is 7. The van der Waals surface area contributed by atoms with Gasteiger partial charge in [0.2, 0.25) is 0 Å². The van der Waals surface area contributed by atoms with Gasteiger partial charge in [-0.25, -0.2) is 14.2 Å². The van der Waals surface area contributed by atoms with Crippen molar-refractivity contribution in [2.45, 2.75) is 70.6 Å². The summed E-state index contributed by atoms with van der Waals surface area (Å²) >= 11 is 0. The van der Waals surface area contributed by atoms with E-state index in [4.69, 9.17) is 20.2 Å². The Balaban J connectivity index is 1.11. The van der Waals surface area contributed by atoms with E-state index in [-0.39, 0.29) is 36.9 Å². The maximum Gasteiger partial charge on any atom is 0.407 e. The molecule has 2 heterocycles. The summed E-state index contributed by atoms with van der Waals surface area (Å²) in [7, 11) is 0. The lowest BCUT2D eigenvalue weighted by Crippen LogP contribution is -2.35. The zero-order valence-electron chi connectivity index (χ0n) is 29.3. The van der Waals surface area contributed by atoms with E-state index < -0.39 is 17.6 Å². The van der Waals surface area contributed by atoms with Crippen LogP contribution < -0.4 is 16.4 Å². The number of nitrogens with one attached hydrogen (secondary N) is 3. The van der Waals surface area contributed by atoms with E-state index in [9.17, 15) is 18.8 Å². The first kappa shape index (κ1) is 34.5. The summed E-state index contributed by atoms with van der Waals surface area (Å²) in [5.74, 6) is -0.610. The van der Waals surface area contributed by atoms with E-state index >= 15 is 0 Å². The summed E-state index contributed by atoms with van der Waals surface area (Å²) in [6, 6.07) is 24.3. The van der Waals surface area contributed by atoms with E-state index in [1.54, 1.807) is 32.9 Å². The third kappa shape index (κ3) is 7.27. The number of nitrogens with two attached hydrogens (primary N) is 1. The van der Waals surface area contributed by atoms with Crippen molar-refractivity contribution in [2.75, 3.05) is 11.9 Å². The summed E-state index contributed by atoms with van der Waals surface area (Å²) in [6.07, 6.45) is 1.99. The monoisotopic (exact) mass is 704 g/mol. The van der Waals surface area contributed by atoms with Crippen LogP contribution in [0.25, 0.3) is 49.9 Å². The number of esters is 1. The fraction of sp³-hybridized carbons (Fsp3) is 0.300. The van der Waals surface area contributed by atoms with Gasteiger partial charge in [-0.1, -0.05) is 30.3 Å². The minimum Gasteiger partial charge on any atom is -0.462 e. The largest absolute Gasteiger partial charge is 0.462 e.